The third-order valence-electron chi connectivity index (χ3n) is 4.43. The Balaban J connectivity index is 1.74. The van der Waals surface area contributed by atoms with Crippen LogP contribution in [0.15, 0.2) is 70.3 Å². The number of aromatic hydroxyl groups is 1. The first-order valence-corrected chi connectivity index (χ1v) is 8.27. The predicted molar refractivity (Wildman–Crippen MR) is 100 cm³/mol. The monoisotopic (exact) mass is 349 g/mol. The van der Waals surface area contributed by atoms with Gasteiger partial charge in [-0.3, -0.25) is 0 Å². The first kappa shape index (κ1) is 16.2. The van der Waals surface area contributed by atoms with Crippen LogP contribution in [0, 0.1) is 0 Å². The standard InChI is InChI=1S/C20H19N3O3/c1-25-16-8-4-14(5-9-16)23-18(12-13-2-6-15(24)7-3-13)22-20-17(19(23)21)10-11-26-20/h2-11,19,24H,12,21H2,1H3. The van der Waals surface area contributed by atoms with Crippen LogP contribution in [0.1, 0.15) is 17.3 Å². The van der Waals surface area contributed by atoms with Gasteiger partial charge in [0.25, 0.3) is 0 Å². The maximum Gasteiger partial charge on any atom is 0.226 e. The van der Waals surface area contributed by atoms with E-state index >= 15 is 0 Å². The van der Waals surface area contributed by atoms with E-state index in [1.165, 1.54) is 0 Å². The Kier molecular flexibility index (Phi) is 4.10. The summed E-state index contributed by atoms with van der Waals surface area (Å²) in [5.74, 6) is 2.32. The van der Waals surface area contributed by atoms with Gasteiger partial charge in [-0.05, 0) is 48.0 Å². The fraction of sp³-hybridized carbons (Fsp3) is 0.150. The van der Waals surface area contributed by atoms with Gasteiger partial charge in [0.2, 0.25) is 5.88 Å². The maximum absolute atomic E-state index is 9.50. The van der Waals surface area contributed by atoms with Crippen LogP contribution < -0.4 is 15.4 Å². The van der Waals surface area contributed by atoms with Gasteiger partial charge < -0.3 is 24.9 Å². The van der Waals surface area contributed by atoms with Crippen molar-refractivity contribution in [1.82, 2.24) is 0 Å². The van der Waals surface area contributed by atoms with Crippen LogP contribution in [0.3, 0.4) is 0 Å². The van der Waals surface area contributed by atoms with Crippen molar-refractivity contribution in [2.75, 3.05) is 12.0 Å². The highest BCUT2D eigenvalue weighted by atomic mass is 16.5. The lowest BCUT2D eigenvalue weighted by atomic mass is 10.1. The number of hydrogen-bond acceptors (Lipinski definition) is 6. The molecule has 26 heavy (non-hydrogen) atoms. The molecule has 2 heterocycles. The lowest BCUT2D eigenvalue weighted by Crippen LogP contribution is -2.42. The summed E-state index contributed by atoms with van der Waals surface area (Å²) in [5, 5.41) is 9.50. The molecule has 6 heteroatoms. The van der Waals surface area contributed by atoms with Gasteiger partial charge in [-0.25, -0.2) is 0 Å². The molecule has 0 spiro atoms. The van der Waals surface area contributed by atoms with Crippen LogP contribution in [0.25, 0.3) is 0 Å². The fourth-order valence-corrected chi connectivity index (χ4v) is 3.07. The zero-order valence-electron chi connectivity index (χ0n) is 14.3. The molecule has 132 valence electrons. The average molecular weight is 349 g/mol. The number of hydrogen-bond donors (Lipinski definition) is 2. The summed E-state index contributed by atoms with van der Waals surface area (Å²) < 4.78 is 10.7. The summed E-state index contributed by atoms with van der Waals surface area (Å²) in [6.07, 6.45) is 1.76. The van der Waals surface area contributed by atoms with Crippen molar-refractivity contribution in [3.8, 4) is 11.5 Å². The molecular formula is C20H19N3O3. The number of anilines is 1. The summed E-state index contributed by atoms with van der Waals surface area (Å²) in [7, 11) is 1.64. The second-order valence-electron chi connectivity index (χ2n) is 6.07. The summed E-state index contributed by atoms with van der Waals surface area (Å²) in [6, 6.07) is 16.6. The minimum absolute atomic E-state index is 0.233. The van der Waals surface area contributed by atoms with Crippen molar-refractivity contribution >= 4 is 17.4 Å². The van der Waals surface area contributed by atoms with Crippen LogP contribution in [-0.2, 0) is 6.42 Å². The van der Waals surface area contributed by atoms with E-state index in [2.05, 4.69) is 4.99 Å². The molecule has 0 bridgehead atoms. The second-order valence-corrected chi connectivity index (χ2v) is 6.07. The van der Waals surface area contributed by atoms with Gasteiger partial charge in [0, 0.05) is 12.1 Å². The lowest BCUT2D eigenvalue weighted by Gasteiger charge is -2.34. The smallest absolute Gasteiger partial charge is 0.226 e. The van der Waals surface area contributed by atoms with Gasteiger partial charge in [-0.15, -0.1) is 0 Å². The largest absolute Gasteiger partial charge is 0.508 e. The third-order valence-corrected chi connectivity index (χ3v) is 4.43. The minimum Gasteiger partial charge on any atom is -0.508 e. The number of aliphatic imine (C=N–C) groups is 1. The van der Waals surface area contributed by atoms with Gasteiger partial charge in [-0.1, -0.05) is 12.1 Å². The number of ether oxygens (including phenoxy) is 1. The van der Waals surface area contributed by atoms with Crippen molar-refractivity contribution in [2.24, 2.45) is 10.7 Å². The molecule has 1 aromatic heterocycles. The number of fused-ring (bicyclic) bond motifs is 1. The molecule has 1 aliphatic rings. The van der Waals surface area contributed by atoms with Crippen LogP contribution in [0.2, 0.25) is 0 Å². The molecule has 3 aromatic rings. The van der Waals surface area contributed by atoms with E-state index in [4.69, 9.17) is 14.9 Å². The highest BCUT2D eigenvalue weighted by Gasteiger charge is 2.30. The number of amidine groups is 1. The molecule has 1 aliphatic heterocycles. The first-order valence-electron chi connectivity index (χ1n) is 8.27. The molecule has 0 aliphatic carbocycles. The van der Waals surface area contributed by atoms with E-state index in [1.54, 1.807) is 25.5 Å². The average Bonchev–Trinajstić information content (AvgIpc) is 3.13. The molecule has 1 unspecified atom stereocenters. The van der Waals surface area contributed by atoms with Crippen molar-refractivity contribution in [3.05, 3.63) is 72.0 Å². The van der Waals surface area contributed by atoms with E-state index in [0.29, 0.717) is 12.3 Å². The molecule has 3 N–H and O–H groups in total. The summed E-state index contributed by atoms with van der Waals surface area (Å²) in [6.45, 7) is 0. The molecule has 0 radical (unpaired) electrons. The molecule has 0 amide bonds. The molecule has 0 fully saturated rings. The zero-order chi connectivity index (χ0) is 18.1. The third kappa shape index (κ3) is 2.91. The lowest BCUT2D eigenvalue weighted by molar-refractivity contribution is 0.415. The molecular weight excluding hydrogens is 330 g/mol. The van der Waals surface area contributed by atoms with Crippen molar-refractivity contribution in [2.45, 2.75) is 12.6 Å². The second kappa shape index (κ2) is 6.57. The Morgan fingerprint density at radius 1 is 1.12 bits per heavy atom. The molecule has 0 saturated heterocycles. The summed E-state index contributed by atoms with van der Waals surface area (Å²) >= 11 is 0. The SMILES string of the molecule is COc1ccc(N2C(Cc3ccc(O)cc3)=Nc3occc3C2N)cc1. The van der Waals surface area contributed by atoms with Crippen molar-refractivity contribution in [3.63, 3.8) is 0 Å². The van der Waals surface area contributed by atoms with Crippen LogP contribution >= 0.6 is 0 Å². The van der Waals surface area contributed by atoms with Gasteiger partial charge in [0.1, 0.15) is 23.5 Å². The Bertz CT molecular complexity index is 930. The van der Waals surface area contributed by atoms with Crippen LogP contribution in [-0.4, -0.2) is 18.1 Å². The van der Waals surface area contributed by atoms with E-state index < -0.39 is 6.17 Å². The molecule has 6 nitrogen and oxygen atoms in total. The van der Waals surface area contributed by atoms with Crippen molar-refractivity contribution < 1.29 is 14.3 Å². The first-order chi connectivity index (χ1) is 12.7. The quantitative estimate of drug-likeness (QED) is 0.749. The number of phenolic OH excluding ortho intramolecular Hbond substituents is 1. The zero-order valence-corrected chi connectivity index (χ0v) is 14.3. The predicted octanol–water partition coefficient (Wildman–Crippen LogP) is 3.74. The summed E-state index contributed by atoms with van der Waals surface area (Å²) in [5.41, 5.74) is 9.30. The number of furan rings is 1. The number of phenols is 1. The number of rotatable bonds is 4. The summed E-state index contributed by atoms with van der Waals surface area (Å²) in [4.78, 5) is 6.67. The molecule has 0 saturated carbocycles. The number of methoxy groups -OCH3 is 1. The van der Waals surface area contributed by atoms with Crippen LogP contribution in [0.5, 0.6) is 11.5 Å². The van der Waals surface area contributed by atoms with E-state index in [1.807, 2.05) is 47.4 Å². The van der Waals surface area contributed by atoms with Crippen molar-refractivity contribution in [1.29, 1.82) is 0 Å². The molecule has 2 aromatic carbocycles. The van der Waals surface area contributed by atoms with Gasteiger partial charge in [0.05, 0.1) is 18.9 Å². The van der Waals surface area contributed by atoms with Gasteiger partial charge >= 0.3 is 0 Å². The highest BCUT2D eigenvalue weighted by molar-refractivity contribution is 6.02. The number of nitrogens with two attached hydrogens (primary N) is 1. The topological polar surface area (TPSA) is 84.2 Å². The number of nitrogens with zero attached hydrogens (tertiary/aromatic N) is 2. The number of benzene rings is 2. The Morgan fingerprint density at radius 3 is 2.54 bits per heavy atom. The van der Waals surface area contributed by atoms with E-state index in [9.17, 15) is 5.11 Å². The van der Waals surface area contributed by atoms with Gasteiger partial charge in [0.15, 0.2) is 0 Å². The normalized spacial score (nSPS) is 16.2. The van der Waals surface area contributed by atoms with E-state index in [0.717, 1.165) is 28.4 Å². The Hall–Kier alpha value is -3.25. The Labute approximate surface area is 151 Å². The van der Waals surface area contributed by atoms with Gasteiger partial charge in [-0.2, -0.15) is 4.99 Å². The molecule has 1 atom stereocenters. The maximum atomic E-state index is 9.50. The fourth-order valence-electron chi connectivity index (χ4n) is 3.07. The van der Waals surface area contributed by atoms with E-state index in [-0.39, 0.29) is 5.75 Å². The Morgan fingerprint density at radius 2 is 1.85 bits per heavy atom. The highest BCUT2D eigenvalue weighted by Crippen LogP contribution is 2.37. The minimum atomic E-state index is -0.401. The molecule has 4 rings (SSSR count). The van der Waals surface area contributed by atoms with Crippen LogP contribution in [0.4, 0.5) is 11.6 Å².